The van der Waals surface area contributed by atoms with Crippen molar-refractivity contribution in [2.24, 2.45) is 10.9 Å². The Morgan fingerprint density at radius 2 is 2.10 bits per heavy atom. The molecule has 0 unspecified atom stereocenters. The molecule has 1 heterocycles. The summed E-state index contributed by atoms with van der Waals surface area (Å²) in [5.74, 6) is -3.96. The average molecular weight is 302 g/mol. The van der Waals surface area contributed by atoms with E-state index < -0.39 is 36.1 Å². The highest BCUT2D eigenvalue weighted by molar-refractivity contribution is 7.13. The van der Waals surface area contributed by atoms with Gasteiger partial charge >= 0.3 is 11.9 Å². The highest BCUT2D eigenvalue weighted by Crippen LogP contribution is 2.12. The number of nitrogens with two attached hydrogens (primary N) is 2. The molecule has 1 aromatic heterocycles. The fourth-order valence-corrected chi connectivity index (χ4v) is 1.61. The molecule has 108 valence electrons. The van der Waals surface area contributed by atoms with Crippen LogP contribution in [-0.2, 0) is 19.2 Å². The lowest BCUT2D eigenvalue weighted by molar-refractivity contribution is -0.156. The van der Waals surface area contributed by atoms with E-state index in [1.807, 2.05) is 0 Å². The van der Waals surface area contributed by atoms with Gasteiger partial charge in [-0.3, -0.25) is 9.59 Å². The van der Waals surface area contributed by atoms with E-state index in [1.54, 1.807) is 0 Å². The average Bonchev–Trinajstić information content (AvgIpc) is 2.73. The Kier molecular flexibility index (Phi) is 4.97. The van der Waals surface area contributed by atoms with E-state index in [0.717, 1.165) is 11.3 Å². The molecule has 11 heteroatoms. The van der Waals surface area contributed by atoms with E-state index in [0.29, 0.717) is 0 Å². The Balaban J connectivity index is 2.94. The number of oxime groups is 1. The number of thiazole rings is 1. The molecule has 0 fully saturated rings. The fraction of sp³-hybridized carbons (Fsp3) is 0.222. The topological polar surface area (TPSA) is 178 Å². The largest absolute Gasteiger partial charge is 0.481 e. The standard InChI is InChI=1S/C9H10N4O6S/c10-7(16)6(3-2-20-9(11)12-3)13-19-4(8(17)18)1-5(14)15/h2,4H,1H2,(H2,10,16)(H2,11,12)(H,14,15)(H,17,18)/b13-6-/t4-/m0/s1. The predicted octanol–water partition coefficient (Wildman–Crippen LogP) is -1.14. The van der Waals surface area contributed by atoms with Gasteiger partial charge in [-0.25, -0.2) is 9.78 Å². The minimum Gasteiger partial charge on any atom is -0.481 e. The summed E-state index contributed by atoms with van der Waals surface area (Å²) in [7, 11) is 0. The number of carbonyl (C=O) groups is 3. The first-order valence-corrected chi connectivity index (χ1v) is 5.88. The first-order chi connectivity index (χ1) is 9.31. The van der Waals surface area contributed by atoms with Crippen molar-refractivity contribution < 1.29 is 29.4 Å². The second-order valence-corrected chi connectivity index (χ2v) is 4.29. The van der Waals surface area contributed by atoms with Crippen LogP contribution in [0.4, 0.5) is 5.13 Å². The summed E-state index contributed by atoms with van der Waals surface area (Å²) >= 11 is 1.01. The quantitative estimate of drug-likeness (QED) is 0.360. The van der Waals surface area contributed by atoms with Gasteiger partial charge in [-0.2, -0.15) is 0 Å². The highest BCUT2D eigenvalue weighted by atomic mass is 32.1. The van der Waals surface area contributed by atoms with Gasteiger partial charge in [-0.1, -0.05) is 5.16 Å². The molecule has 0 aliphatic rings. The van der Waals surface area contributed by atoms with Crippen LogP contribution in [0.3, 0.4) is 0 Å². The van der Waals surface area contributed by atoms with Crippen molar-refractivity contribution in [3.8, 4) is 0 Å². The minimum absolute atomic E-state index is 0.0134. The van der Waals surface area contributed by atoms with Crippen LogP contribution in [-0.4, -0.2) is 44.9 Å². The van der Waals surface area contributed by atoms with Crippen LogP contribution in [0, 0.1) is 0 Å². The number of aromatic nitrogens is 1. The summed E-state index contributed by atoms with van der Waals surface area (Å²) < 4.78 is 0. The van der Waals surface area contributed by atoms with E-state index in [4.69, 9.17) is 21.7 Å². The number of amides is 1. The molecule has 6 N–H and O–H groups in total. The molecule has 0 spiro atoms. The number of primary amides is 1. The van der Waals surface area contributed by atoms with Gasteiger partial charge in [-0.05, 0) is 0 Å². The summed E-state index contributed by atoms with van der Waals surface area (Å²) in [5, 5.41) is 22.0. The molecule has 0 aliphatic heterocycles. The number of nitrogens with zero attached hydrogens (tertiary/aromatic N) is 2. The van der Waals surface area contributed by atoms with E-state index in [-0.39, 0.29) is 10.8 Å². The van der Waals surface area contributed by atoms with Crippen molar-refractivity contribution in [1.82, 2.24) is 4.98 Å². The number of carboxylic acid groups (broad SMARTS) is 2. The number of carbonyl (C=O) groups excluding carboxylic acids is 1. The summed E-state index contributed by atoms with van der Waals surface area (Å²) in [4.78, 5) is 40.7. The van der Waals surface area contributed by atoms with Crippen molar-refractivity contribution in [3.63, 3.8) is 0 Å². The number of nitrogen functional groups attached to an aromatic ring is 1. The third-order valence-corrected chi connectivity index (χ3v) is 2.58. The van der Waals surface area contributed by atoms with E-state index in [9.17, 15) is 14.4 Å². The van der Waals surface area contributed by atoms with Crippen LogP contribution in [0.1, 0.15) is 12.1 Å². The van der Waals surface area contributed by atoms with Gasteiger partial charge in [0.15, 0.2) is 10.8 Å². The SMILES string of the molecule is NC(=O)/C(=N\O[C@@H](CC(=O)O)C(=O)O)c1csc(N)n1. The van der Waals surface area contributed by atoms with Crippen LogP contribution in [0.5, 0.6) is 0 Å². The Labute approximate surface area is 115 Å². The molecule has 0 aromatic carbocycles. The lowest BCUT2D eigenvalue weighted by Crippen LogP contribution is -2.29. The molecule has 1 atom stereocenters. The molecule has 0 saturated carbocycles. The summed E-state index contributed by atoms with van der Waals surface area (Å²) in [6.07, 6.45) is -2.58. The van der Waals surface area contributed by atoms with Crippen molar-refractivity contribution in [2.75, 3.05) is 5.73 Å². The zero-order valence-corrected chi connectivity index (χ0v) is 10.7. The molecule has 20 heavy (non-hydrogen) atoms. The predicted molar refractivity (Wildman–Crippen MR) is 67.0 cm³/mol. The minimum atomic E-state index is -1.75. The fourth-order valence-electron chi connectivity index (χ4n) is 1.06. The molecule has 0 bridgehead atoms. The third-order valence-electron chi connectivity index (χ3n) is 1.90. The maximum atomic E-state index is 11.2. The van der Waals surface area contributed by atoms with Gasteiger partial charge in [0.05, 0.1) is 6.42 Å². The lowest BCUT2D eigenvalue weighted by atomic mass is 10.2. The van der Waals surface area contributed by atoms with Crippen LogP contribution in [0.2, 0.25) is 0 Å². The third kappa shape index (κ3) is 4.20. The molecular formula is C9H10N4O6S. The van der Waals surface area contributed by atoms with E-state index in [2.05, 4.69) is 15.0 Å². The molecule has 0 radical (unpaired) electrons. The molecule has 10 nitrogen and oxygen atoms in total. The van der Waals surface area contributed by atoms with Gasteiger partial charge < -0.3 is 26.5 Å². The van der Waals surface area contributed by atoms with Crippen molar-refractivity contribution in [2.45, 2.75) is 12.5 Å². The van der Waals surface area contributed by atoms with Crippen molar-refractivity contribution in [3.05, 3.63) is 11.1 Å². The van der Waals surface area contributed by atoms with E-state index in [1.165, 1.54) is 5.38 Å². The second-order valence-electron chi connectivity index (χ2n) is 3.41. The van der Waals surface area contributed by atoms with Crippen molar-refractivity contribution >= 4 is 40.0 Å². The number of carboxylic acids is 2. The zero-order valence-electron chi connectivity index (χ0n) is 9.85. The van der Waals surface area contributed by atoms with Gasteiger partial charge in [-0.15, -0.1) is 11.3 Å². The van der Waals surface area contributed by atoms with Gasteiger partial charge in [0, 0.05) is 5.38 Å². The normalized spacial score (nSPS) is 12.7. The van der Waals surface area contributed by atoms with Crippen LogP contribution < -0.4 is 11.5 Å². The molecule has 1 rings (SSSR count). The van der Waals surface area contributed by atoms with Gasteiger partial charge in [0.2, 0.25) is 6.10 Å². The van der Waals surface area contributed by atoms with Crippen LogP contribution in [0.25, 0.3) is 0 Å². The molecule has 1 aromatic rings. The maximum absolute atomic E-state index is 11.2. The first-order valence-electron chi connectivity index (χ1n) is 5.01. The molecule has 0 saturated heterocycles. The van der Waals surface area contributed by atoms with Gasteiger partial charge in [0.1, 0.15) is 5.69 Å². The maximum Gasteiger partial charge on any atom is 0.348 e. The van der Waals surface area contributed by atoms with Gasteiger partial charge in [0.25, 0.3) is 5.91 Å². The highest BCUT2D eigenvalue weighted by Gasteiger charge is 2.24. The number of hydrogen-bond acceptors (Lipinski definition) is 8. The Bertz CT molecular complexity index is 569. The number of hydrogen-bond donors (Lipinski definition) is 4. The van der Waals surface area contributed by atoms with Crippen molar-refractivity contribution in [1.29, 1.82) is 0 Å². The lowest BCUT2D eigenvalue weighted by Gasteiger charge is -2.08. The second kappa shape index (κ2) is 6.47. The molecular weight excluding hydrogens is 292 g/mol. The number of rotatable bonds is 7. The smallest absolute Gasteiger partial charge is 0.348 e. The molecule has 0 aliphatic carbocycles. The molecule has 1 amide bonds. The van der Waals surface area contributed by atoms with Crippen LogP contribution >= 0.6 is 11.3 Å². The Morgan fingerprint density at radius 3 is 2.50 bits per heavy atom. The van der Waals surface area contributed by atoms with E-state index >= 15 is 0 Å². The number of anilines is 1. The summed E-state index contributed by atoms with van der Waals surface area (Å²) in [6.45, 7) is 0. The summed E-state index contributed by atoms with van der Waals surface area (Å²) in [5.41, 5.74) is 9.99. The summed E-state index contributed by atoms with van der Waals surface area (Å²) in [6, 6.07) is 0. The first kappa shape index (κ1) is 15.4. The Morgan fingerprint density at radius 1 is 1.45 bits per heavy atom. The van der Waals surface area contributed by atoms with Crippen LogP contribution in [0.15, 0.2) is 10.5 Å². The Hall–Kier alpha value is -2.69. The number of aliphatic carboxylic acids is 2. The zero-order chi connectivity index (χ0) is 15.3. The monoisotopic (exact) mass is 302 g/mol.